The fraction of sp³-hybridized carbons (Fsp3) is 0.596. The van der Waals surface area contributed by atoms with E-state index in [2.05, 4.69) is 31.9 Å². The van der Waals surface area contributed by atoms with Crippen molar-refractivity contribution >= 4 is 41.4 Å². The van der Waals surface area contributed by atoms with Crippen molar-refractivity contribution < 1.29 is 38.7 Å². The van der Waals surface area contributed by atoms with Gasteiger partial charge in [0, 0.05) is 13.0 Å². The first kappa shape index (κ1) is 55.7. The minimum atomic E-state index is -1.26. The lowest BCUT2D eigenvalue weighted by atomic mass is 9.99. The Kier molecular flexibility index (Phi) is 26.3. The van der Waals surface area contributed by atoms with Crippen LogP contribution in [-0.2, 0) is 46.4 Å². The summed E-state index contributed by atoms with van der Waals surface area (Å²) >= 11 is 0. The average molecular weight is 909 g/mol. The van der Waals surface area contributed by atoms with Crippen LogP contribution in [0.1, 0.15) is 103 Å². The summed E-state index contributed by atoms with van der Waals surface area (Å²) in [5.74, 6) is -4.47. The Morgan fingerprint density at radius 2 is 0.908 bits per heavy atom. The highest BCUT2D eigenvalue weighted by atomic mass is 16.4. The number of carbonyl (C=O) groups excluding carboxylic acids is 6. The standard InChI is InChI=1S/C47H76N10O8/c1-30(2)26-34(50)41(58)53-37(22-15-24-49)44(61)55-38(47(64)65)21-12-14-25-52-43(60)36(20-11-13-23-48)54-45(62)39(27-31(3)4)57-46(63)40(29-33-18-9-6-10-19-33)56-42(59)35(51)28-32-16-7-5-8-17-32/h5-10,16-19,30-31,34-40H,11-15,20-29,48-51H2,1-4H3,(H,52,60)(H,53,58)(H,54,62)(H,55,61)(H,56,59)(H,57,63)(H,64,65)/t34-,35-,36-,37-,38?,39-,40-/m1/s1. The van der Waals surface area contributed by atoms with Gasteiger partial charge in [0.15, 0.2) is 0 Å². The number of carboxylic acids is 1. The van der Waals surface area contributed by atoms with Gasteiger partial charge in [-0.05, 0) is 107 Å². The second kappa shape index (κ2) is 30.7. The average Bonchev–Trinajstić information content (AvgIpc) is 3.26. The summed E-state index contributed by atoms with van der Waals surface area (Å²) in [7, 11) is 0. The molecule has 2 rings (SSSR count). The van der Waals surface area contributed by atoms with Gasteiger partial charge in [-0.25, -0.2) is 4.79 Å². The first-order valence-corrected chi connectivity index (χ1v) is 23.0. The third-order valence-electron chi connectivity index (χ3n) is 10.7. The molecular weight excluding hydrogens is 833 g/mol. The van der Waals surface area contributed by atoms with Crippen LogP contribution in [0, 0.1) is 11.8 Å². The number of benzene rings is 2. The third-order valence-corrected chi connectivity index (χ3v) is 10.7. The number of hydrogen-bond acceptors (Lipinski definition) is 11. The highest BCUT2D eigenvalue weighted by Gasteiger charge is 2.32. The number of unbranched alkanes of at least 4 members (excludes halogenated alkanes) is 2. The summed E-state index contributed by atoms with van der Waals surface area (Å²) < 4.78 is 0. The number of nitrogens with two attached hydrogens (primary N) is 4. The topological polar surface area (TPSA) is 316 Å². The van der Waals surface area contributed by atoms with Gasteiger partial charge in [-0.1, -0.05) is 88.4 Å². The second-order valence-electron chi connectivity index (χ2n) is 17.5. The number of amides is 6. The maximum Gasteiger partial charge on any atom is 0.326 e. The summed E-state index contributed by atoms with van der Waals surface area (Å²) in [5, 5.41) is 26.4. The molecule has 0 aliphatic heterocycles. The van der Waals surface area contributed by atoms with Crippen LogP contribution in [0.2, 0.25) is 0 Å². The predicted octanol–water partition coefficient (Wildman–Crippen LogP) is 0.882. The molecule has 2 aromatic carbocycles. The quantitative estimate of drug-likeness (QED) is 0.0456. The molecule has 0 bridgehead atoms. The van der Waals surface area contributed by atoms with Crippen LogP contribution < -0.4 is 54.8 Å². The predicted molar refractivity (Wildman–Crippen MR) is 250 cm³/mol. The summed E-state index contributed by atoms with van der Waals surface area (Å²) in [6.07, 6.45) is 3.74. The Morgan fingerprint density at radius 1 is 0.477 bits per heavy atom. The molecule has 1 unspecified atom stereocenters. The van der Waals surface area contributed by atoms with Crippen LogP contribution in [-0.4, -0.2) is 108 Å². The lowest BCUT2D eigenvalue weighted by Crippen LogP contribution is -2.58. The van der Waals surface area contributed by atoms with Gasteiger partial charge in [-0.2, -0.15) is 0 Å². The van der Waals surface area contributed by atoms with Crippen molar-refractivity contribution in [2.24, 2.45) is 34.8 Å². The highest BCUT2D eigenvalue weighted by Crippen LogP contribution is 2.12. The van der Waals surface area contributed by atoms with Crippen molar-refractivity contribution in [3.05, 3.63) is 71.8 Å². The Bertz CT molecular complexity index is 1770. The molecular formula is C47H76N10O8. The van der Waals surface area contributed by atoms with E-state index in [1.807, 2.05) is 88.4 Å². The van der Waals surface area contributed by atoms with Crippen LogP contribution >= 0.6 is 0 Å². The molecule has 7 atom stereocenters. The van der Waals surface area contributed by atoms with Crippen LogP contribution in [0.25, 0.3) is 0 Å². The van der Waals surface area contributed by atoms with Crippen molar-refractivity contribution in [3.8, 4) is 0 Å². The zero-order valence-electron chi connectivity index (χ0n) is 38.7. The van der Waals surface area contributed by atoms with E-state index in [4.69, 9.17) is 22.9 Å². The van der Waals surface area contributed by atoms with Crippen molar-refractivity contribution in [1.29, 1.82) is 0 Å². The van der Waals surface area contributed by atoms with Crippen LogP contribution in [0.15, 0.2) is 60.7 Å². The smallest absolute Gasteiger partial charge is 0.326 e. The Hall–Kier alpha value is -5.43. The van der Waals surface area contributed by atoms with E-state index in [0.29, 0.717) is 45.1 Å². The maximum absolute atomic E-state index is 14.0. The van der Waals surface area contributed by atoms with Crippen LogP contribution in [0.3, 0.4) is 0 Å². The van der Waals surface area contributed by atoms with Crippen molar-refractivity contribution in [3.63, 3.8) is 0 Å². The van der Waals surface area contributed by atoms with Gasteiger partial charge in [-0.3, -0.25) is 28.8 Å². The van der Waals surface area contributed by atoms with E-state index in [1.165, 1.54) is 0 Å². The van der Waals surface area contributed by atoms with Gasteiger partial charge in [0.05, 0.1) is 12.1 Å². The molecule has 0 spiro atoms. The molecule has 0 aliphatic carbocycles. The Morgan fingerprint density at radius 3 is 1.48 bits per heavy atom. The van der Waals surface area contributed by atoms with E-state index >= 15 is 0 Å². The fourth-order valence-electron chi connectivity index (χ4n) is 7.13. The lowest BCUT2D eigenvalue weighted by molar-refractivity contribution is -0.142. The van der Waals surface area contributed by atoms with Crippen molar-refractivity contribution in [1.82, 2.24) is 31.9 Å². The molecule has 0 aliphatic rings. The zero-order chi connectivity index (χ0) is 48.3. The normalized spacial score (nSPS) is 14.5. The fourth-order valence-corrected chi connectivity index (χ4v) is 7.13. The molecule has 6 amide bonds. The number of aliphatic carboxylic acids is 1. The van der Waals surface area contributed by atoms with Gasteiger partial charge in [0.25, 0.3) is 0 Å². The summed E-state index contributed by atoms with van der Waals surface area (Å²) in [4.78, 5) is 92.9. The van der Waals surface area contributed by atoms with E-state index in [-0.39, 0.29) is 63.5 Å². The molecule has 2 aromatic rings. The largest absolute Gasteiger partial charge is 0.480 e. The number of carbonyl (C=O) groups is 7. The monoisotopic (exact) mass is 909 g/mol. The Labute approximate surface area is 384 Å². The molecule has 0 saturated carbocycles. The molecule has 15 N–H and O–H groups in total. The SMILES string of the molecule is CC(C)C[C@@H](N)C(=O)N[C@H](CCCN)C(=O)NC(CCCCNC(=O)[C@@H](CCCCN)NC(=O)[C@@H](CC(C)C)NC(=O)[C@@H](Cc1ccccc1)NC(=O)[C@H](N)Cc1ccccc1)C(=O)O. The molecule has 362 valence electrons. The molecule has 0 saturated heterocycles. The van der Waals surface area contributed by atoms with Crippen LogP contribution in [0.5, 0.6) is 0 Å². The van der Waals surface area contributed by atoms with Gasteiger partial charge in [0.2, 0.25) is 35.4 Å². The minimum Gasteiger partial charge on any atom is -0.480 e. The highest BCUT2D eigenvalue weighted by molar-refractivity contribution is 5.95. The molecule has 0 aromatic heterocycles. The maximum atomic E-state index is 14.0. The molecule has 18 heteroatoms. The zero-order valence-corrected chi connectivity index (χ0v) is 38.7. The molecule has 0 fully saturated rings. The van der Waals surface area contributed by atoms with Gasteiger partial charge < -0.3 is 59.9 Å². The lowest BCUT2D eigenvalue weighted by Gasteiger charge is -2.27. The second-order valence-corrected chi connectivity index (χ2v) is 17.5. The molecule has 18 nitrogen and oxygen atoms in total. The molecule has 0 heterocycles. The van der Waals surface area contributed by atoms with E-state index in [1.54, 1.807) is 0 Å². The number of rotatable bonds is 32. The third kappa shape index (κ3) is 22.4. The van der Waals surface area contributed by atoms with Crippen molar-refractivity contribution in [2.75, 3.05) is 19.6 Å². The van der Waals surface area contributed by atoms with Crippen molar-refractivity contribution in [2.45, 2.75) is 147 Å². The van der Waals surface area contributed by atoms with Gasteiger partial charge in [-0.15, -0.1) is 0 Å². The summed E-state index contributed by atoms with van der Waals surface area (Å²) in [6.45, 7) is 8.42. The first-order chi connectivity index (χ1) is 30.9. The van der Waals surface area contributed by atoms with Crippen LogP contribution in [0.4, 0.5) is 0 Å². The molecule has 0 radical (unpaired) electrons. The van der Waals surface area contributed by atoms with E-state index in [0.717, 1.165) is 11.1 Å². The van der Waals surface area contributed by atoms with Gasteiger partial charge in [0.1, 0.15) is 30.2 Å². The summed E-state index contributed by atoms with van der Waals surface area (Å²) in [6, 6.07) is 11.3. The molecule has 65 heavy (non-hydrogen) atoms. The van der Waals surface area contributed by atoms with E-state index in [9.17, 15) is 38.7 Å². The summed E-state index contributed by atoms with van der Waals surface area (Å²) in [5.41, 5.74) is 25.3. The Balaban J connectivity index is 2.10. The number of hydrogen-bond donors (Lipinski definition) is 11. The van der Waals surface area contributed by atoms with Gasteiger partial charge >= 0.3 is 5.97 Å². The van der Waals surface area contributed by atoms with E-state index < -0.39 is 83.7 Å². The first-order valence-electron chi connectivity index (χ1n) is 23.0. The minimum absolute atomic E-state index is 0.0410. The number of carboxylic acid groups (broad SMARTS) is 1. The number of nitrogens with one attached hydrogen (secondary N) is 6.